The van der Waals surface area contributed by atoms with Crippen molar-refractivity contribution in [2.75, 3.05) is 18.1 Å². The Morgan fingerprint density at radius 1 is 1.53 bits per heavy atom. The summed E-state index contributed by atoms with van der Waals surface area (Å²) in [5, 5.41) is 1.76. The lowest BCUT2D eigenvalue weighted by Crippen LogP contribution is -2.25. The van der Waals surface area contributed by atoms with Gasteiger partial charge in [-0.25, -0.2) is 8.42 Å². The first kappa shape index (κ1) is 12.7. The Balaban J connectivity index is 1.95. The Morgan fingerprint density at radius 3 is 2.94 bits per heavy atom. The lowest BCUT2D eigenvalue weighted by molar-refractivity contribution is 0.102. The monoisotopic (exact) mass is 274 g/mol. The van der Waals surface area contributed by atoms with Crippen LogP contribution in [-0.4, -0.2) is 38.4 Å². The quantitative estimate of drug-likeness (QED) is 0.764. The van der Waals surface area contributed by atoms with Crippen molar-refractivity contribution >= 4 is 27.0 Å². The first-order chi connectivity index (χ1) is 8.07. The molecule has 1 unspecified atom stereocenters. The SMILES string of the molecule is O=C(CS(=O)(=O)CC1CCCO1)c1cccs1. The van der Waals surface area contributed by atoms with Crippen molar-refractivity contribution in [3.05, 3.63) is 22.4 Å². The molecule has 0 saturated carbocycles. The van der Waals surface area contributed by atoms with Crippen LogP contribution >= 0.6 is 11.3 Å². The number of sulfone groups is 1. The molecule has 0 amide bonds. The highest BCUT2D eigenvalue weighted by Crippen LogP contribution is 2.16. The van der Waals surface area contributed by atoms with Crippen LogP contribution in [-0.2, 0) is 14.6 Å². The lowest BCUT2D eigenvalue weighted by atomic mass is 10.3. The third kappa shape index (κ3) is 3.62. The van der Waals surface area contributed by atoms with Gasteiger partial charge in [-0.2, -0.15) is 0 Å². The van der Waals surface area contributed by atoms with Crippen molar-refractivity contribution in [1.29, 1.82) is 0 Å². The second-order valence-electron chi connectivity index (χ2n) is 4.09. The standard InChI is InChI=1S/C11H14O4S2/c12-10(11-4-2-6-16-11)8-17(13,14)7-9-3-1-5-15-9/h2,4,6,9H,1,3,5,7-8H2. The van der Waals surface area contributed by atoms with Crippen molar-refractivity contribution in [2.45, 2.75) is 18.9 Å². The Labute approximate surface area is 105 Å². The van der Waals surface area contributed by atoms with Crippen LogP contribution in [0.3, 0.4) is 0 Å². The molecular weight excluding hydrogens is 260 g/mol. The van der Waals surface area contributed by atoms with Gasteiger partial charge in [0.05, 0.1) is 16.7 Å². The van der Waals surface area contributed by atoms with E-state index in [1.807, 2.05) is 0 Å². The predicted octanol–water partition coefficient (Wildman–Crippen LogP) is 1.52. The van der Waals surface area contributed by atoms with Crippen LogP contribution in [0, 0.1) is 0 Å². The van der Waals surface area contributed by atoms with Gasteiger partial charge < -0.3 is 4.74 Å². The zero-order valence-corrected chi connectivity index (χ0v) is 10.9. The van der Waals surface area contributed by atoms with Crippen molar-refractivity contribution in [3.8, 4) is 0 Å². The van der Waals surface area contributed by atoms with Crippen LogP contribution in [0.15, 0.2) is 17.5 Å². The largest absolute Gasteiger partial charge is 0.377 e. The van der Waals surface area contributed by atoms with E-state index in [1.165, 1.54) is 11.3 Å². The number of Topliss-reactive ketones (excluding diaryl/α,β-unsaturated/α-hetero) is 1. The highest BCUT2D eigenvalue weighted by atomic mass is 32.2. The molecule has 0 N–H and O–H groups in total. The van der Waals surface area contributed by atoms with Gasteiger partial charge in [0.25, 0.3) is 0 Å². The molecule has 1 atom stereocenters. The molecule has 94 valence electrons. The minimum atomic E-state index is -3.36. The number of ether oxygens (including phenoxy) is 1. The molecule has 0 spiro atoms. The van der Waals surface area contributed by atoms with Crippen LogP contribution in [0.2, 0.25) is 0 Å². The maximum absolute atomic E-state index is 11.8. The fraction of sp³-hybridized carbons (Fsp3) is 0.545. The maximum Gasteiger partial charge on any atom is 0.187 e. The molecule has 4 nitrogen and oxygen atoms in total. The number of ketones is 1. The normalized spacial score (nSPS) is 20.6. The maximum atomic E-state index is 11.8. The van der Waals surface area contributed by atoms with Gasteiger partial charge >= 0.3 is 0 Å². The Morgan fingerprint density at radius 2 is 2.35 bits per heavy atom. The highest BCUT2D eigenvalue weighted by molar-refractivity contribution is 7.92. The summed E-state index contributed by atoms with van der Waals surface area (Å²) in [4.78, 5) is 12.2. The molecule has 1 aromatic rings. The Kier molecular flexibility index (Phi) is 3.96. The molecule has 6 heteroatoms. The van der Waals surface area contributed by atoms with Gasteiger partial charge in [-0.3, -0.25) is 4.79 Å². The number of hydrogen-bond acceptors (Lipinski definition) is 5. The molecule has 1 fully saturated rings. The second-order valence-corrected chi connectivity index (χ2v) is 7.15. The topological polar surface area (TPSA) is 60.4 Å². The molecule has 2 rings (SSSR count). The molecule has 1 saturated heterocycles. The minimum Gasteiger partial charge on any atom is -0.377 e. The van der Waals surface area contributed by atoms with E-state index in [0.29, 0.717) is 11.5 Å². The summed E-state index contributed by atoms with van der Waals surface area (Å²) in [6, 6.07) is 3.39. The molecule has 0 bridgehead atoms. The molecule has 0 radical (unpaired) electrons. The summed E-state index contributed by atoms with van der Waals surface area (Å²) in [6.07, 6.45) is 1.45. The van der Waals surface area contributed by atoms with E-state index in [0.717, 1.165) is 12.8 Å². The van der Waals surface area contributed by atoms with Gasteiger partial charge in [0, 0.05) is 6.61 Å². The summed E-state index contributed by atoms with van der Waals surface area (Å²) >= 11 is 1.27. The highest BCUT2D eigenvalue weighted by Gasteiger charge is 2.26. The number of carbonyl (C=O) groups excluding carboxylic acids is 1. The van der Waals surface area contributed by atoms with E-state index < -0.39 is 15.6 Å². The van der Waals surface area contributed by atoms with Crippen molar-refractivity contribution in [1.82, 2.24) is 0 Å². The number of hydrogen-bond donors (Lipinski definition) is 0. The fourth-order valence-corrected chi connectivity index (χ4v) is 4.08. The van der Waals surface area contributed by atoms with Gasteiger partial charge in [-0.1, -0.05) is 6.07 Å². The third-order valence-corrected chi connectivity index (χ3v) is 5.10. The summed E-state index contributed by atoms with van der Waals surface area (Å²) in [7, 11) is -3.36. The number of carbonyl (C=O) groups is 1. The van der Waals surface area contributed by atoms with Crippen LogP contribution in [0.1, 0.15) is 22.5 Å². The summed E-state index contributed by atoms with van der Waals surface area (Å²) in [6.45, 7) is 0.624. The Bertz CT molecular complexity index is 470. The van der Waals surface area contributed by atoms with E-state index in [2.05, 4.69) is 0 Å². The van der Waals surface area contributed by atoms with Gasteiger partial charge in [-0.15, -0.1) is 11.3 Å². The molecular formula is C11H14O4S2. The first-order valence-corrected chi connectivity index (χ1v) is 8.16. The average molecular weight is 274 g/mol. The second kappa shape index (κ2) is 5.29. The van der Waals surface area contributed by atoms with Gasteiger partial charge in [0.2, 0.25) is 0 Å². The van der Waals surface area contributed by atoms with Crippen molar-refractivity contribution in [3.63, 3.8) is 0 Å². The molecule has 2 heterocycles. The third-order valence-electron chi connectivity index (χ3n) is 2.61. The summed E-state index contributed by atoms with van der Waals surface area (Å²) in [5.74, 6) is -0.768. The zero-order chi connectivity index (χ0) is 12.3. The predicted molar refractivity (Wildman–Crippen MR) is 66.3 cm³/mol. The van der Waals surface area contributed by atoms with Crippen LogP contribution in [0.5, 0.6) is 0 Å². The zero-order valence-electron chi connectivity index (χ0n) is 9.29. The van der Waals surface area contributed by atoms with Gasteiger partial charge in [0.1, 0.15) is 5.75 Å². The van der Waals surface area contributed by atoms with E-state index >= 15 is 0 Å². The molecule has 1 aliphatic rings. The molecule has 0 aromatic carbocycles. The molecule has 1 aromatic heterocycles. The van der Waals surface area contributed by atoms with Crippen LogP contribution in [0.25, 0.3) is 0 Å². The first-order valence-electron chi connectivity index (χ1n) is 5.45. The van der Waals surface area contributed by atoms with Crippen LogP contribution < -0.4 is 0 Å². The van der Waals surface area contributed by atoms with Crippen LogP contribution in [0.4, 0.5) is 0 Å². The number of rotatable bonds is 5. The van der Waals surface area contributed by atoms with Gasteiger partial charge in [0.15, 0.2) is 15.6 Å². The smallest absolute Gasteiger partial charge is 0.187 e. The van der Waals surface area contributed by atoms with Gasteiger partial charge in [-0.05, 0) is 24.3 Å². The number of thiophene rings is 1. The molecule has 0 aliphatic carbocycles. The minimum absolute atomic E-state index is 0.0376. The summed E-state index contributed by atoms with van der Waals surface area (Å²) in [5.41, 5.74) is 0. The van der Waals surface area contributed by atoms with E-state index in [4.69, 9.17) is 4.74 Å². The molecule has 17 heavy (non-hydrogen) atoms. The van der Waals surface area contributed by atoms with E-state index in [-0.39, 0.29) is 17.6 Å². The van der Waals surface area contributed by atoms with Crippen molar-refractivity contribution in [2.24, 2.45) is 0 Å². The summed E-state index contributed by atoms with van der Waals surface area (Å²) < 4.78 is 28.9. The van der Waals surface area contributed by atoms with Crippen molar-refractivity contribution < 1.29 is 17.9 Å². The van der Waals surface area contributed by atoms with E-state index in [1.54, 1.807) is 17.5 Å². The Hall–Kier alpha value is -0.720. The lowest BCUT2D eigenvalue weighted by Gasteiger charge is -2.09. The van der Waals surface area contributed by atoms with E-state index in [9.17, 15) is 13.2 Å². The fourth-order valence-electron chi connectivity index (χ4n) is 1.83. The molecule has 1 aliphatic heterocycles. The average Bonchev–Trinajstić information content (AvgIpc) is 2.85.